The van der Waals surface area contributed by atoms with Crippen LogP contribution in [0.1, 0.15) is 23.0 Å². The van der Waals surface area contributed by atoms with Crippen LogP contribution >= 0.6 is 0 Å². The number of pyridine rings is 1. The van der Waals surface area contributed by atoms with Gasteiger partial charge in [-0.15, -0.1) is 0 Å². The molecule has 2 aromatic carbocycles. The Morgan fingerprint density at radius 1 is 1.20 bits per heavy atom. The number of aromatic nitrogens is 3. The molecule has 4 N–H and O–H groups in total. The van der Waals surface area contributed by atoms with E-state index in [9.17, 15) is 28.7 Å². The van der Waals surface area contributed by atoms with Gasteiger partial charge in [0.1, 0.15) is 11.4 Å². The fourth-order valence-electron chi connectivity index (χ4n) is 4.10. The molecule has 0 bridgehead atoms. The minimum Gasteiger partial charge on any atom is -0.395 e. The number of benzene rings is 2. The maximum Gasteiger partial charge on any atom is 0.276 e. The lowest BCUT2D eigenvalue weighted by molar-refractivity contribution is 0.102. The number of likely N-dealkylation sites (N-methyl/N-ethyl adjacent to an activating group) is 1. The van der Waals surface area contributed by atoms with E-state index in [1.165, 1.54) is 6.20 Å². The van der Waals surface area contributed by atoms with E-state index in [2.05, 4.69) is 21.5 Å². The molecule has 0 saturated carbocycles. The Bertz CT molecular complexity index is 1630. The number of carbonyl (C=O) groups is 1. The second kappa shape index (κ2) is 12.2. The number of nitrogens with two attached hydrogens (primary N) is 1. The Balaban J connectivity index is 1.76. The van der Waals surface area contributed by atoms with E-state index in [0.29, 0.717) is 39.3 Å². The van der Waals surface area contributed by atoms with Crippen molar-refractivity contribution in [3.8, 4) is 22.9 Å². The molecule has 40 heavy (non-hydrogen) atoms. The lowest BCUT2D eigenvalue weighted by Crippen LogP contribution is -2.40. The van der Waals surface area contributed by atoms with Crippen molar-refractivity contribution >= 4 is 17.3 Å². The van der Waals surface area contributed by atoms with Crippen LogP contribution in [0.2, 0.25) is 0 Å². The minimum absolute atomic E-state index is 0.243. The maximum atomic E-state index is 14.3. The van der Waals surface area contributed by atoms with Crippen LogP contribution in [-0.4, -0.2) is 51.5 Å². The monoisotopic (exact) mass is 545 g/mol. The van der Waals surface area contributed by atoms with E-state index in [-0.39, 0.29) is 18.8 Å². The molecule has 10 nitrogen and oxygen atoms in total. The largest absolute Gasteiger partial charge is 0.395 e. The summed E-state index contributed by atoms with van der Waals surface area (Å²) in [6, 6.07) is 13.4. The highest BCUT2D eigenvalue weighted by molar-refractivity contribution is 6.05. The molecule has 1 amide bonds. The number of hydrogen-bond donors (Lipinski definition) is 3. The van der Waals surface area contributed by atoms with Gasteiger partial charge >= 0.3 is 0 Å². The summed E-state index contributed by atoms with van der Waals surface area (Å²) in [5.41, 5.74) is 6.68. The quantitative estimate of drug-likeness (QED) is 0.291. The van der Waals surface area contributed by atoms with Crippen molar-refractivity contribution in [2.24, 2.45) is 5.73 Å². The maximum absolute atomic E-state index is 14.3. The normalized spacial score (nSPS) is 11.5. The lowest BCUT2D eigenvalue weighted by Gasteiger charge is -2.28. The number of anilines is 2. The van der Waals surface area contributed by atoms with Gasteiger partial charge in [0.15, 0.2) is 11.6 Å². The zero-order valence-electron chi connectivity index (χ0n) is 21.4. The van der Waals surface area contributed by atoms with Crippen LogP contribution < -0.4 is 21.5 Å². The van der Waals surface area contributed by atoms with Crippen molar-refractivity contribution < 1.29 is 18.7 Å². The van der Waals surface area contributed by atoms with E-state index in [1.54, 1.807) is 30.5 Å². The van der Waals surface area contributed by atoms with E-state index >= 15 is 0 Å². The molecule has 0 saturated heterocycles. The molecule has 0 fully saturated rings. The number of rotatable bonds is 9. The number of aliphatic hydroxyl groups is 1. The van der Waals surface area contributed by atoms with Crippen molar-refractivity contribution in [1.82, 2.24) is 14.8 Å². The van der Waals surface area contributed by atoms with Crippen LogP contribution in [0.5, 0.6) is 0 Å². The molecule has 0 spiro atoms. The highest BCUT2D eigenvalue weighted by atomic mass is 19.1. The third kappa shape index (κ3) is 5.85. The zero-order chi connectivity index (χ0) is 28.8. The third-order valence-corrected chi connectivity index (χ3v) is 6.09. The second-order valence-corrected chi connectivity index (χ2v) is 8.74. The number of nitrogens with zero attached hydrogens (tertiary/aromatic N) is 5. The molecule has 4 aromatic rings. The Hall–Kier alpha value is -4.99. The number of para-hydroxylation sites is 1. The first-order valence-electron chi connectivity index (χ1n) is 12.2. The summed E-state index contributed by atoms with van der Waals surface area (Å²) in [6.07, 6.45) is 3.07. The van der Waals surface area contributed by atoms with E-state index in [1.807, 2.05) is 11.8 Å². The molecule has 2 aromatic heterocycles. The molecule has 1 atom stereocenters. The Morgan fingerprint density at radius 3 is 2.62 bits per heavy atom. The van der Waals surface area contributed by atoms with Crippen molar-refractivity contribution in [2.45, 2.75) is 13.0 Å². The lowest BCUT2D eigenvalue weighted by atomic mass is 10.0. The first kappa shape index (κ1) is 28.0. The number of carbonyl (C=O) groups excluding carboxylic acids is 1. The summed E-state index contributed by atoms with van der Waals surface area (Å²) < 4.78 is 29.2. The first-order valence-corrected chi connectivity index (χ1v) is 12.2. The second-order valence-electron chi connectivity index (χ2n) is 8.74. The predicted octanol–water partition coefficient (Wildman–Crippen LogP) is 2.84. The number of nitrogens with one attached hydrogen (secondary N) is 1. The summed E-state index contributed by atoms with van der Waals surface area (Å²) in [6.45, 7) is 2.30. The first-order chi connectivity index (χ1) is 19.3. The Morgan fingerprint density at radius 2 is 1.95 bits per heavy atom. The molecule has 2 heterocycles. The van der Waals surface area contributed by atoms with Gasteiger partial charge in [-0.3, -0.25) is 14.6 Å². The molecule has 1 unspecified atom stereocenters. The van der Waals surface area contributed by atoms with Crippen LogP contribution in [0.15, 0.2) is 71.8 Å². The predicted molar refractivity (Wildman–Crippen MR) is 145 cm³/mol. The van der Waals surface area contributed by atoms with Crippen LogP contribution in [0, 0.1) is 23.0 Å². The molecule has 0 aliphatic rings. The van der Waals surface area contributed by atoms with E-state index in [0.717, 1.165) is 30.3 Å². The van der Waals surface area contributed by atoms with Gasteiger partial charge in [0.2, 0.25) is 0 Å². The zero-order valence-corrected chi connectivity index (χ0v) is 21.4. The standard InChI is InChI=1S/C28H25F2N7O3/c1-2-36(15-19(32)16-38)25-12-17(20-14-33-11-10-18(20)13-31)6-7-23(25)34-28(40)24-8-9-26(39)37(35-24)27-21(29)4-3-5-22(27)30/h3-12,14,19,38H,2,15-16,32H2,1H3,(H,34,40). The third-order valence-electron chi connectivity index (χ3n) is 6.09. The van der Waals surface area contributed by atoms with Gasteiger partial charge in [-0.05, 0) is 48.9 Å². The summed E-state index contributed by atoms with van der Waals surface area (Å²) >= 11 is 0. The highest BCUT2D eigenvalue weighted by Crippen LogP contribution is 2.33. The highest BCUT2D eigenvalue weighted by Gasteiger charge is 2.20. The van der Waals surface area contributed by atoms with Gasteiger partial charge in [-0.1, -0.05) is 12.1 Å². The van der Waals surface area contributed by atoms with E-state index in [4.69, 9.17) is 5.73 Å². The van der Waals surface area contributed by atoms with Crippen LogP contribution in [0.4, 0.5) is 20.2 Å². The van der Waals surface area contributed by atoms with Gasteiger partial charge in [0.25, 0.3) is 11.5 Å². The van der Waals surface area contributed by atoms with Gasteiger partial charge in [0.05, 0.1) is 29.6 Å². The smallest absolute Gasteiger partial charge is 0.276 e. The number of nitriles is 1. The molecule has 0 radical (unpaired) electrons. The number of hydrogen-bond acceptors (Lipinski definition) is 8. The number of halogens is 2. The Kier molecular flexibility index (Phi) is 8.58. The average Bonchev–Trinajstić information content (AvgIpc) is 2.96. The topological polar surface area (TPSA) is 150 Å². The minimum atomic E-state index is -1.02. The summed E-state index contributed by atoms with van der Waals surface area (Å²) in [4.78, 5) is 31.6. The number of amides is 1. The van der Waals surface area contributed by atoms with Crippen molar-refractivity contribution in [1.29, 1.82) is 5.26 Å². The van der Waals surface area contributed by atoms with Gasteiger partial charge < -0.3 is 21.1 Å². The molecular formula is C28H25F2N7O3. The molecule has 0 aliphatic carbocycles. The molecule has 0 aliphatic heterocycles. The van der Waals surface area contributed by atoms with Gasteiger partial charge in [0, 0.05) is 43.2 Å². The van der Waals surface area contributed by atoms with Crippen molar-refractivity contribution in [3.05, 3.63) is 100 Å². The van der Waals surface area contributed by atoms with Crippen LogP contribution in [-0.2, 0) is 0 Å². The van der Waals surface area contributed by atoms with Gasteiger partial charge in [-0.2, -0.15) is 15.0 Å². The van der Waals surface area contributed by atoms with Crippen LogP contribution in [0.3, 0.4) is 0 Å². The van der Waals surface area contributed by atoms with Crippen LogP contribution in [0.25, 0.3) is 16.8 Å². The molecular weight excluding hydrogens is 520 g/mol. The fourth-order valence-corrected chi connectivity index (χ4v) is 4.10. The Labute approximate surface area is 227 Å². The fraction of sp³-hybridized carbons (Fsp3) is 0.179. The number of aliphatic hydroxyl groups excluding tert-OH is 1. The van der Waals surface area contributed by atoms with Crippen molar-refractivity contribution in [3.63, 3.8) is 0 Å². The average molecular weight is 546 g/mol. The van der Waals surface area contributed by atoms with Gasteiger partial charge in [-0.25, -0.2) is 8.78 Å². The molecule has 12 heteroatoms. The van der Waals surface area contributed by atoms with Crippen molar-refractivity contribution in [2.75, 3.05) is 29.9 Å². The summed E-state index contributed by atoms with van der Waals surface area (Å²) in [7, 11) is 0. The molecule has 204 valence electrons. The van der Waals surface area contributed by atoms with E-state index < -0.39 is 34.8 Å². The summed E-state index contributed by atoms with van der Waals surface area (Å²) in [5, 5.41) is 25.7. The SMILES string of the molecule is CCN(CC(N)CO)c1cc(-c2cnccc2C#N)ccc1NC(=O)c1ccc(=O)n(-c2c(F)cccc2F)n1. The summed E-state index contributed by atoms with van der Waals surface area (Å²) in [5.74, 6) is -2.78. The molecule has 4 rings (SSSR count).